The van der Waals surface area contributed by atoms with E-state index in [9.17, 15) is 4.39 Å². The van der Waals surface area contributed by atoms with Crippen molar-refractivity contribution >= 4 is 51.2 Å². The molecule has 2 aromatic carbocycles. The average Bonchev–Trinajstić information content (AvgIpc) is 2.28. The molecule has 18 heavy (non-hydrogen) atoms. The Kier molecular flexibility index (Phi) is 4.13. The van der Waals surface area contributed by atoms with Crippen LogP contribution in [0.4, 0.5) is 15.8 Å². The summed E-state index contributed by atoms with van der Waals surface area (Å²) in [6.07, 6.45) is 0. The van der Waals surface area contributed by atoms with Crippen molar-refractivity contribution in [3.05, 3.63) is 57.4 Å². The van der Waals surface area contributed by atoms with E-state index in [0.717, 1.165) is 9.26 Å². The molecule has 3 N–H and O–H groups in total. The molecule has 0 saturated heterocycles. The predicted molar refractivity (Wildman–Crippen MR) is 84.7 cm³/mol. The smallest absolute Gasteiger partial charge is 0.135 e. The van der Waals surface area contributed by atoms with Crippen LogP contribution in [-0.2, 0) is 0 Å². The van der Waals surface area contributed by atoms with E-state index in [-0.39, 0.29) is 10.6 Å². The molecule has 0 aliphatic heterocycles. The Morgan fingerprint density at radius 1 is 1.17 bits per heavy atom. The fourth-order valence-corrected chi connectivity index (χ4v) is 2.23. The molecule has 0 amide bonds. The second-order valence-electron chi connectivity index (χ2n) is 3.69. The fraction of sp³-hybridized carbons (Fsp3) is 0. The number of benzene rings is 2. The molecule has 0 unspecified atom stereocenters. The summed E-state index contributed by atoms with van der Waals surface area (Å²) in [6.45, 7) is 0. The molecule has 0 bridgehead atoms. The summed E-state index contributed by atoms with van der Waals surface area (Å²) >= 11 is 6.98. The standard InChI is InChI=1S/C13H10FIN2S/c14-12-7-10(4-5-11(12)13(16)18)17-9-3-1-2-8(15)6-9/h1-7,17H,(H2,16,18). The average molecular weight is 372 g/mol. The molecule has 0 fully saturated rings. The number of nitrogens with one attached hydrogen (secondary N) is 1. The summed E-state index contributed by atoms with van der Waals surface area (Å²) in [7, 11) is 0. The molecule has 0 heterocycles. The largest absolute Gasteiger partial charge is 0.389 e. The summed E-state index contributed by atoms with van der Waals surface area (Å²) in [6, 6.07) is 12.5. The van der Waals surface area contributed by atoms with Crippen molar-refractivity contribution in [2.75, 3.05) is 5.32 Å². The van der Waals surface area contributed by atoms with E-state index in [4.69, 9.17) is 18.0 Å². The van der Waals surface area contributed by atoms with Gasteiger partial charge in [-0.05, 0) is 59.0 Å². The number of thiocarbonyl (C=S) groups is 1. The molecule has 2 aromatic rings. The van der Waals surface area contributed by atoms with Crippen molar-refractivity contribution in [1.29, 1.82) is 0 Å². The van der Waals surface area contributed by atoms with Gasteiger partial charge in [-0.1, -0.05) is 18.3 Å². The fourth-order valence-electron chi connectivity index (χ4n) is 1.53. The molecule has 0 atom stereocenters. The first-order chi connectivity index (χ1) is 8.56. The van der Waals surface area contributed by atoms with E-state index in [1.807, 2.05) is 24.3 Å². The van der Waals surface area contributed by atoms with Crippen molar-refractivity contribution in [3.63, 3.8) is 0 Å². The molecule has 0 aromatic heterocycles. The van der Waals surface area contributed by atoms with Gasteiger partial charge in [0.2, 0.25) is 0 Å². The van der Waals surface area contributed by atoms with E-state index in [0.29, 0.717) is 5.69 Å². The van der Waals surface area contributed by atoms with Gasteiger partial charge in [-0.2, -0.15) is 0 Å². The monoisotopic (exact) mass is 372 g/mol. The summed E-state index contributed by atoms with van der Waals surface area (Å²) in [4.78, 5) is 0.0632. The number of rotatable bonds is 3. The van der Waals surface area contributed by atoms with E-state index in [1.165, 1.54) is 6.07 Å². The molecule has 0 spiro atoms. The molecule has 5 heteroatoms. The lowest BCUT2D eigenvalue weighted by Crippen LogP contribution is -2.11. The maximum atomic E-state index is 13.7. The highest BCUT2D eigenvalue weighted by Crippen LogP contribution is 2.20. The Balaban J connectivity index is 2.25. The third-order valence-corrected chi connectivity index (χ3v) is 3.24. The normalized spacial score (nSPS) is 10.1. The highest BCUT2D eigenvalue weighted by molar-refractivity contribution is 14.1. The number of halogens is 2. The first-order valence-electron chi connectivity index (χ1n) is 5.18. The van der Waals surface area contributed by atoms with Crippen LogP contribution in [0.5, 0.6) is 0 Å². The lowest BCUT2D eigenvalue weighted by molar-refractivity contribution is 0.626. The Bertz CT molecular complexity index is 601. The molecular formula is C13H10FIN2S. The summed E-state index contributed by atoms with van der Waals surface area (Å²) in [5.41, 5.74) is 7.24. The van der Waals surface area contributed by atoms with Gasteiger partial charge in [0.15, 0.2) is 0 Å². The summed E-state index contributed by atoms with van der Waals surface area (Å²) in [5, 5.41) is 3.12. The Morgan fingerprint density at radius 3 is 2.50 bits per heavy atom. The number of nitrogens with two attached hydrogens (primary N) is 1. The highest BCUT2D eigenvalue weighted by atomic mass is 127. The predicted octanol–water partition coefficient (Wildman–Crippen LogP) is 3.81. The van der Waals surface area contributed by atoms with Crippen LogP contribution in [0.2, 0.25) is 0 Å². The van der Waals surface area contributed by atoms with Gasteiger partial charge in [0, 0.05) is 20.5 Å². The van der Waals surface area contributed by atoms with Crippen LogP contribution in [0.1, 0.15) is 5.56 Å². The lowest BCUT2D eigenvalue weighted by Gasteiger charge is -2.08. The van der Waals surface area contributed by atoms with Gasteiger partial charge in [0.25, 0.3) is 0 Å². The molecule has 0 saturated carbocycles. The molecular weight excluding hydrogens is 362 g/mol. The molecule has 0 aliphatic carbocycles. The first-order valence-corrected chi connectivity index (χ1v) is 6.67. The van der Waals surface area contributed by atoms with Crippen molar-refractivity contribution in [3.8, 4) is 0 Å². The SMILES string of the molecule is NC(=S)c1ccc(Nc2cccc(I)c2)cc1F. The van der Waals surface area contributed by atoms with Gasteiger partial charge in [0.1, 0.15) is 10.8 Å². The van der Waals surface area contributed by atoms with Gasteiger partial charge < -0.3 is 11.1 Å². The van der Waals surface area contributed by atoms with Gasteiger partial charge in [-0.15, -0.1) is 0 Å². The maximum Gasteiger partial charge on any atom is 0.135 e. The van der Waals surface area contributed by atoms with Crippen molar-refractivity contribution in [1.82, 2.24) is 0 Å². The number of anilines is 2. The quantitative estimate of drug-likeness (QED) is 0.636. The molecule has 2 nitrogen and oxygen atoms in total. The minimum Gasteiger partial charge on any atom is -0.389 e. The van der Waals surface area contributed by atoms with Crippen LogP contribution >= 0.6 is 34.8 Å². The Hall–Kier alpha value is -1.21. The van der Waals surface area contributed by atoms with Crippen LogP contribution in [0.25, 0.3) is 0 Å². The van der Waals surface area contributed by atoms with Crippen molar-refractivity contribution in [2.24, 2.45) is 5.73 Å². The molecule has 0 radical (unpaired) electrons. The lowest BCUT2D eigenvalue weighted by atomic mass is 10.2. The second-order valence-corrected chi connectivity index (χ2v) is 5.38. The molecule has 2 rings (SSSR count). The summed E-state index contributed by atoms with van der Waals surface area (Å²) < 4.78 is 14.8. The summed E-state index contributed by atoms with van der Waals surface area (Å²) in [5.74, 6) is -0.418. The van der Waals surface area contributed by atoms with Crippen LogP contribution in [-0.4, -0.2) is 4.99 Å². The van der Waals surface area contributed by atoms with Gasteiger partial charge in [-0.25, -0.2) is 4.39 Å². The Morgan fingerprint density at radius 2 is 1.89 bits per heavy atom. The maximum absolute atomic E-state index is 13.7. The van der Waals surface area contributed by atoms with Crippen molar-refractivity contribution < 1.29 is 4.39 Å². The van der Waals surface area contributed by atoms with Crippen molar-refractivity contribution in [2.45, 2.75) is 0 Å². The van der Waals surface area contributed by atoms with Crippen LogP contribution in [0.3, 0.4) is 0 Å². The van der Waals surface area contributed by atoms with Gasteiger partial charge in [0.05, 0.1) is 0 Å². The second kappa shape index (κ2) is 5.62. The van der Waals surface area contributed by atoms with E-state index in [1.54, 1.807) is 12.1 Å². The van der Waals surface area contributed by atoms with Crippen LogP contribution < -0.4 is 11.1 Å². The zero-order chi connectivity index (χ0) is 13.1. The zero-order valence-electron chi connectivity index (χ0n) is 9.28. The minimum absolute atomic E-state index is 0.0632. The molecule has 0 aliphatic rings. The Labute approximate surface area is 124 Å². The minimum atomic E-state index is -0.418. The van der Waals surface area contributed by atoms with E-state index in [2.05, 4.69) is 27.9 Å². The topological polar surface area (TPSA) is 38.0 Å². The van der Waals surface area contributed by atoms with Gasteiger partial charge in [-0.3, -0.25) is 0 Å². The first kappa shape index (κ1) is 13.2. The third kappa shape index (κ3) is 3.17. The van der Waals surface area contributed by atoms with E-state index >= 15 is 0 Å². The number of hydrogen-bond donors (Lipinski definition) is 2. The van der Waals surface area contributed by atoms with E-state index < -0.39 is 5.82 Å². The highest BCUT2D eigenvalue weighted by Gasteiger charge is 2.06. The molecule has 92 valence electrons. The van der Waals surface area contributed by atoms with Crippen LogP contribution in [0, 0.1) is 9.39 Å². The van der Waals surface area contributed by atoms with Crippen LogP contribution in [0.15, 0.2) is 42.5 Å². The zero-order valence-corrected chi connectivity index (χ0v) is 12.3. The third-order valence-electron chi connectivity index (χ3n) is 2.35. The van der Waals surface area contributed by atoms with Gasteiger partial charge >= 0.3 is 0 Å². The number of hydrogen-bond acceptors (Lipinski definition) is 2.